The summed E-state index contributed by atoms with van der Waals surface area (Å²) in [4.78, 5) is 32.4. The fourth-order valence-corrected chi connectivity index (χ4v) is 1.50. The van der Waals surface area contributed by atoms with Crippen LogP contribution in [0.5, 0.6) is 0 Å². The van der Waals surface area contributed by atoms with Gasteiger partial charge in [-0.05, 0) is 5.41 Å². The first-order chi connectivity index (χ1) is 6.89. The topological polar surface area (TPSA) is 75.6 Å². The molecule has 0 aliphatic heterocycles. The highest BCUT2D eigenvalue weighted by Gasteiger charge is 2.29. The van der Waals surface area contributed by atoms with Gasteiger partial charge in [-0.3, -0.25) is 9.59 Å². The summed E-state index contributed by atoms with van der Waals surface area (Å²) in [6.45, 7) is 5.98. The quantitative estimate of drug-likeness (QED) is 0.452. The molecular weight excluding hydrogens is 196 g/mol. The summed E-state index contributed by atoms with van der Waals surface area (Å²) in [6.07, 6.45) is 0. The number of hydrogen-bond donors (Lipinski definition) is 1. The van der Waals surface area contributed by atoms with Crippen LogP contribution in [0.3, 0.4) is 0 Å². The molecule has 15 heavy (non-hydrogen) atoms. The van der Waals surface area contributed by atoms with E-state index in [2.05, 4.69) is 10.5 Å². The molecule has 0 atom stereocenters. The van der Waals surface area contributed by atoms with Gasteiger partial charge >= 0.3 is 0 Å². The summed E-state index contributed by atoms with van der Waals surface area (Å²) in [5.41, 5.74) is -0.411. The van der Waals surface area contributed by atoms with E-state index in [4.69, 9.17) is 0 Å². The van der Waals surface area contributed by atoms with Crippen molar-refractivity contribution in [3.8, 4) is 0 Å². The predicted octanol–water partition coefficient (Wildman–Crippen LogP) is 0.758. The molecule has 1 rings (SSSR count). The number of hydrogen-bond acceptors (Lipinski definition) is 5. The van der Waals surface area contributed by atoms with Gasteiger partial charge in [0.15, 0.2) is 0 Å². The van der Waals surface area contributed by atoms with Crippen LogP contribution in [0.15, 0.2) is 14.8 Å². The minimum atomic E-state index is -0.495. The molecular formula is C10H14N2O3. The summed E-state index contributed by atoms with van der Waals surface area (Å²) < 4.78 is 0. The van der Waals surface area contributed by atoms with Crippen LogP contribution >= 0.6 is 0 Å². The van der Waals surface area contributed by atoms with E-state index in [1.807, 2.05) is 20.8 Å². The SMILES string of the molecule is CC(C)(C)c1c(NCCN=O)c(=O)c1=O. The Hall–Kier alpha value is -1.52. The van der Waals surface area contributed by atoms with Gasteiger partial charge in [-0.15, -0.1) is 0 Å². The molecule has 0 heterocycles. The third kappa shape index (κ3) is 2.11. The van der Waals surface area contributed by atoms with E-state index in [1.165, 1.54) is 0 Å². The molecule has 0 unspecified atom stereocenters. The second-order valence-corrected chi connectivity index (χ2v) is 4.44. The van der Waals surface area contributed by atoms with Gasteiger partial charge in [-0.1, -0.05) is 25.9 Å². The van der Waals surface area contributed by atoms with Crippen molar-refractivity contribution >= 4 is 5.69 Å². The Bertz CT molecular complexity index is 436. The van der Waals surface area contributed by atoms with E-state index in [0.29, 0.717) is 11.3 Å². The number of rotatable bonds is 4. The van der Waals surface area contributed by atoms with Crippen molar-refractivity contribution < 1.29 is 0 Å². The van der Waals surface area contributed by atoms with Gasteiger partial charge < -0.3 is 5.32 Å². The molecule has 0 saturated carbocycles. The Balaban J connectivity index is 2.90. The highest BCUT2D eigenvalue weighted by atomic mass is 16.3. The number of nitrogens with zero attached hydrogens (tertiary/aromatic N) is 1. The van der Waals surface area contributed by atoms with Gasteiger partial charge in [0.25, 0.3) is 0 Å². The number of anilines is 1. The van der Waals surface area contributed by atoms with Crippen molar-refractivity contribution in [1.82, 2.24) is 0 Å². The predicted molar refractivity (Wildman–Crippen MR) is 59.2 cm³/mol. The van der Waals surface area contributed by atoms with Crippen molar-refractivity contribution in [2.45, 2.75) is 26.2 Å². The van der Waals surface area contributed by atoms with E-state index < -0.39 is 10.9 Å². The zero-order chi connectivity index (χ0) is 11.6. The fourth-order valence-electron chi connectivity index (χ4n) is 1.50. The third-order valence-corrected chi connectivity index (χ3v) is 2.17. The smallest absolute Gasteiger partial charge is 0.249 e. The lowest BCUT2D eigenvalue weighted by Gasteiger charge is -2.23. The Kier molecular flexibility index (Phi) is 3.02. The van der Waals surface area contributed by atoms with Crippen molar-refractivity contribution in [3.05, 3.63) is 30.9 Å². The Labute approximate surface area is 87.2 Å². The monoisotopic (exact) mass is 210 g/mol. The summed E-state index contributed by atoms with van der Waals surface area (Å²) in [5, 5.41) is 5.44. The van der Waals surface area contributed by atoms with Crippen molar-refractivity contribution in [2.75, 3.05) is 18.4 Å². The maximum absolute atomic E-state index is 11.3. The maximum Gasteiger partial charge on any atom is 0.249 e. The maximum atomic E-state index is 11.3. The van der Waals surface area contributed by atoms with E-state index in [0.717, 1.165) is 0 Å². The molecule has 5 heteroatoms. The lowest BCUT2D eigenvalue weighted by molar-refractivity contribution is 0.580. The molecule has 0 saturated heterocycles. The number of nitroso groups, excluding NO2 is 1. The molecule has 0 radical (unpaired) electrons. The summed E-state index contributed by atoms with van der Waals surface area (Å²) in [6, 6.07) is 0. The second-order valence-electron chi connectivity index (χ2n) is 4.44. The first-order valence-corrected chi connectivity index (χ1v) is 4.76. The number of nitrogens with one attached hydrogen (secondary N) is 1. The lowest BCUT2D eigenvalue weighted by Crippen LogP contribution is -2.43. The average Bonchev–Trinajstić information content (AvgIpc) is 2.13. The zero-order valence-electron chi connectivity index (χ0n) is 9.09. The molecule has 1 N–H and O–H groups in total. The van der Waals surface area contributed by atoms with Gasteiger partial charge in [0.2, 0.25) is 10.9 Å². The molecule has 0 amide bonds. The Morgan fingerprint density at radius 3 is 2.27 bits per heavy atom. The molecule has 0 fully saturated rings. The third-order valence-electron chi connectivity index (χ3n) is 2.17. The Morgan fingerprint density at radius 1 is 1.20 bits per heavy atom. The first kappa shape index (κ1) is 11.6. The van der Waals surface area contributed by atoms with Crippen LogP contribution in [0, 0.1) is 4.91 Å². The van der Waals surface area contributed by atoms with Gasteiger partial charge in [-0.25, -0.2) is 0 Å². The van der Waals surface area contributed by atoms with Crippen molar-refractivity contribution in [3.63, 3.8) is 0 Å². The molecule has 1 aromatic carbocycles. The van der Waals surface area contributed by atoms with Crippen LogP contribution in [0.4, 0.5) is 5.69 Å². The first-order valence-electron chi connectivity index (χ1n) is 4.76. The van der Waals surface area contributed by atoms with Crippen LogP contribution in [0.1, 0.15) is 26.3 Å². The standard InChI is InChI=1S/C10H14N2O3/c1-10(2,3)6-7(9(14)8(6)13)11-4-5-12-15/h11H,4-5H2,1-3H3. The van der Waals surface area contributed by atoms with E-state index in [1.54, 1.807) is 0 Å². The van der Waals surface area contributed by atoms with E-state index in [-0.39, 0.29) is 18.5 Å². The van der Waals surface area contributed by atoms with Crippen LogP contribution in [-0.2, 0) is 5.41 Å². The molecule has 0 aromatic heterocycles. The summed E-state index contributed by atoms with van der Waals surface area (Å²) in [5.74, 6) is 0. The Morgan fingerprint density at radius 2 is 1.80 bits per heavy atom. The highest BCUT2D eigenvalue weighted by molar-refractivity contribution is 5.59. The van der Waals surface area contributed by atoms with Crippen molar-refractivity contribution in [1.29, 1.82) is 0 Å². The molecule has 82 valence electrons. The summed E-state index contributed by atoms with van der Waals surface area (Å²) >= 11 is 0. The van der Waals surface area contributed by atoms with Crippen LogP contribution < -0.4 is 16.2 Å². The zero-order valence-corrected chi connectivity index (χ0v) is 9.09. The summed E-state index contributed by atoms with van der Waals surface area (Å²) in [7, 11) is 0. The van der Waals surface area contributed by atoms with Crippen molar-refractivity contribution in [2.24, 2.45) is 5.18 Å². The van der Waals surface area contributed by atoms with E-state index in [9.17, 15) is 14.5 Å². The molecule has 0 spiro atoms. The van der Waals surface area contributed by atoms with Crippen LogP contribution in [0.25, 0.3) is 0 Å². The molecule has 0 aliphatic rings. The van der Waals surface area contributed by atoms with Crippen LogP contribution in [-0.4, -0.2) is 13.1 Å². The fraction of sp³-hybridized carbons (Fsp3) is 0.600. The highest BCUT2D eigenvalue weighted by Crippen LogP contribution is 2.25. The van der Waals surface area contributed by atoms with Gasteiger partial charge in [0, 0.05) is 12.1 Å². The van der Waals surface area contributed by atoms with Crippen LogP contribution in [0.2, 0.25) is 0 Å². The van der Waals surface area contributed by atoms with Gasteiger partial charge in [0.1, 0.15) is 0 Å². The largest absolute Gasteiger partial charge is 0.379 e. The lowest BCUT2D eigenvalue weighted by atomic mass is 9.82. The second kappa shape index (κ2) is 3.92. The normalized spacial score (nSPS) is 11.7. The molecule has 1 aromatic rings. The van der Waals surface area contributed by atoms with E-state index >= 15 is 0 Å². The van der Waals surface area contributed by atoms with Gasteiger partial charge in [-0.2, -0.15) is 4.91 Å². The molecule has 0 aliphatic carbocycles. The average molecular weight is 210 g/mol. The molecule has 5 nitrogen and oxygen atoms in total. The molecule has 0 bridgehead atoms. The minimum Gasteiger partial charge on any atom is -0.379 e. The minimum absolute atomic E-state index is 0.0857. The van der Waals surface area contributed by atoms with Gasteiger partial charge in [0.05, 0.1) is 12.2 Å².